The van der Waals surface area contributed by atoms with E-state index in [0.717, 1.165) is 17.1 Å². The lowest BCUT2D eigenvalue weighted by atomic mass is 10.2. The van der Waals surface area contributed by atoms with Gasteiger partial charge in [-0.05, 0) is 29.2 Å². The molecular formula is C12H10ClN3O2S2. The van der Waals surface area contributed by atoms with Crippen LogP contribution in [0.25, 0.3) is 0 Å². The number of rotatable bonds is 4. The molecule has 0 saturated carbocycles. The molecule has 0 aliphatic rings. The van der Waals surface area contributed by atoms with Gasteiger partial charge in [-0.15, -0.1) is 0 Å². The van der Waals surface area contributed by atoms with Crippen molar-refractivity contribution in [3.8, 4) is 6.07 Å². The van der Waals surface area contributed by atoms with Gasteiger partial charge in [0.15, 0.2) is 15.0 Å². The quantitative estimate of drug-likeness (QED) is 0.933. The number of anilines is 1. The third-order valence-corrected chi connectivity index (χ3v) is 4.87. The van der Waals surface area contributed by atoms with Crippen LogP contribution in [0.3, 0.4) is 0 Å². The number of nitrogens with one attached hydrogen (secondary N) is 1. The summed E-state index contributed by atoms with van der Waals surface area (Å²) < 4.78 is 26.6. The monoisotopic (exact) mass is 327 g/mol. The van der Waals surface area contributed by atoms with Gasteiger partial charge >= 0.3 is 0 Å². The van der Waals surface area contributed by atoms with Crippen LogP contribution in [0.4, 0.5) is 5.00 Å². The zero-order valence-electron chi connectivity index (χ0n) is 10.4. The Morgan fingerprint density at radius 2 is 2.05 bits per heavy atom. The van der Waals surface area contributed by atoms with Crippen LogP contribution in [-0.2, 0) is 16.4 Å². The summed E-state index contributed by atoms with van der Waals surface area (Å²) in [6.45, 7) is 0.456. The van der Waals surface area contributed by atoms with E-state index in [1.165, 1.54) is 6.26 Å². The molecule has 2 aromatic rings. The highest BCUT2D eigenvalue weighted by molar-refractivity contribution is 7.90. The normalized spacial score (nSPS) is 11.1. The number of nitriles is 1. The van der Waals surface area contributed by atoms with E-state index in [9.17, 15) is 8.42 Å². The van der Waals surface area contributed by atoms with Gasteiger partial charge in [-0.3, -0.25) is 0 Å². The smallest absolute Gasteiger partial charge is 0.175 e. The van der Waals surface area contributed by atoms with Gasteiger partial charge in [-0.2, -0.15) is 9.64 Å². The van der Waals surface area contributed by atoms with E-state index in [1.54, 1.807) is 24.3 Å². The molecule has 0 saturated heterocycles. The first-order valence-electron chi connectivity index (χ1n) is 5.50. The minimum atomic E-state index is -3.18. The zero-order valence-corrected chi connectivity index (χ0v) is 12.8. The van der Waals surface area contributed by atoms with Gasteiger partial charge in [0.25, 0.3) is 0 Å². The third-order valence-electron chi connectivity index (χ3n) is 2.57. The highest BCUT2D eigenvalue weighted by atomic mass is 35.5. The second kappa shape index (κ2) is 5.79. The van der Waals surface area contributed by atoms with Crippen molar-refractivity contribution < 1.29 is 8.42 Å². The lowest BCUT2D eigenvalue weighted by Gasteiger charge is -2.05. The molecule has 2 rings (SSSR count). The molecule has 8 heteroatoms. The number of aromatic nitrogens is 1. The van der Waals surface area contributed by atoms with Gasteiger partial charge in [0.1, 0.15) is 16.6 Å². The lowest BCUT2D eigenvalue weighted by Crippen LogP contribution is -2.01. The Balaban J connectivity index is 2.10. The summed E-state index contributed by atoms with van der Waals surface area (Å²) in [5.74, 6) is 0. The molecule has 0 fully saturated rings. The summed E-state index contributed by atoms with van der Waals surface area (Å²) in [5, 5.41) is 12.8. The Hall–Kier alpha value is -1.62. The summed E-state index contributed by atoms with van der Waals surface area (Å²) in [5.41, 5.74) is 1.22. The van der Waals surface area contributed by atoms with Crippen LogP contribution in [0.1, 0.15) is 11.1 Å². The molecule has 0 atom stereocenters. The Bertz CT molecular complexity index is 761. The van der Waals surface area contributed by atoms with E-state index >= 15 is 0 Å². The van der Waals surface area contributed by atoms with Crippen molar-refractivity contribution in [2.24, 2.45) is 0 Å². The van der Waals surface area contributed by atoms with Crippen molar-refractivity contribution in [2.75, 3.05) is 11.6 Å². The molecule has 0 radical (unpaired) electrons. The summed E-state index contributed by atoms with van der Waals surface area (Å²) in [4.78, 5) is 0.278. The molecule has 5 nitrogen and oxygen atoms in total. The predicted octanol–water partition coefficient (Wildman–Crippen LogP) is 2.68. The summed E-state index contributed by atoms with van der Waals surface area (Å²) in [6.07, 6.45) is 1.17. The minimum Gasteiger partial charge on any atom is -0.370 e. The van der Waals surface area contributed by atoms with Crippen molar-refractivity contribution in [3.05, 3.63) is 40.5 Å². The van der Waals surface area contributed by atoms with Crippen LogP contribution in [0.2, 0.25) is 5.15 Å². The number of benzene rings is 1. The van der Waals surface area contributed by atoms with Crippen molar-refractivity contribution in [1.82, 2.24) is 4.37 Å². The van der Waals surface area contributed by atoms with Gasteiger partial charge in [0.05, 0.1) is 4.90 Å². The first kappa shape index (κ1) is 14.8. The van der Waals surface area contributed by atoms with Crippen LogP contribution in [0, 0.1) is 11.3 Å². The van der Waals surface area contributed by atoms with Crippen LogP contribution < -0.4 is 5.32 Å². The Labute approximate surface area is 125 Å². The van der Waals surface area contributed by atoms with Crippen molar-refractivity contribution in [3.63, 3.8) is 0 Å². The topological polar surface area (TPSA) is 82.8 Å². The van der Waals surface area contributed by atoms with Gasteiger partial charge in [0, 0.05) is 12.8 Å². The molecule has 0 spiro atoms. The zero-order chi connectivity index (χ0) is 14.8. The van der Waals surface area contributed by atoms with E-state index < -0.39 is 9.84 Å². The van der Waals surface area contributed by atoms with Crippen LogP contribution in [0.5, 0.6) is 0 Å². The molecule has 1 aromatic heterocycles. The van der Waals surface area contributed by atoms with Crippen LogP contribution in [-0.4, -0.2) is 19.0 Å². The van der Waals surface area contributed by atoms with E-state index in [4.69, 9.17) is 16.9 Å². The molecule has 104 valence electrons. The fourth-order valence-corrected chi connectivity index (χ4v) is 3.08. The highest BCUT2D eigenvalue weighted by Crippen LogP contribution is 2.27. The Morgan fingerprint density at radius 3 is 2.60 bits per heavy atom. The molecule has 1 aromatic carbocycles. The molecular weight excluding hydrogens is 318 g/mol. The Kier molecular flexibility index (Phi) is 4.28. The fourth-order valence-electron chi connectivity index (χ4n) is 1.53. The van der Waals surface area contributed by atoms with Gasteiger partial charge in [0.2, 0.25) is 0 Å². The Morgan fingerprint density at radius 1 is 1.40 bits per heavy atom. The average Bonchev–Trinajstić information content (AvgIpc) is 2.76. The second-order valence-electron chi connectivity index (χ2n) is 4.06. The van der Waals surface area contributed by atoms with Gasteiger partial charge in [-0.1, -0.05) is 23.7 Å². The summed E-state index contributed by atoms with van der Waals surface area (Å²) in [7, 11) is -3.18. The predicted molar refractivity (Wildman–Crippen MR) is 78.7 cm³/mol. The third kappa shape index (κ3) is 3.28. The largest absolute Gasteiger partial charge is 0.370 e. The van der Waals surface area contributed by atoms with Crippen molar-refractivity contribution in [2.45, 2.75) is 11.4 Å². The second-order valence-corrected chi connectivity index (χ2v) is 7.21. The minimum absolute atomic E-state index is 0.187. The van der Waals surface area contributed by atoms with E-state index in [0.29, 0.717) is 17.1 Å². The summed E-state index contributed by atoms with van der Waals surface area (Å²) >= 11 is 6.88. The maximum absolute atomic E-state index is 11.3. The SMILES string of the molecule is CS(=O)(=O)c1ccc(CNc2snc(Cl)c2C#N)cc1. The molecule has 1 N–H and O–H groups in total. The molecule has 0 aliphatic carbocycles. The van der Waals surface area contributed by atoms with Gasteiger partial charge < -0.3 is 5.32 Å². The molecule has 1 heterocycles. The molecule has 0 aliphatic heterocycles. The fraction of sp³-hybridized carbons (Fsp3) is 0.167. The van der Waals surface area contributed by atoms with Gasteiger partial charge in [-0.25, -0.2) is 8.42 Å². The molecule has 0 unspecified atom stereocenters. The first-order valence-corrected chi connectivity index (χ1v) is 8.54. The number of halogens is 1. The lowest BCUT2D eigenvalue weighted by molar-refractivity contribution is 0.602. The van der Waals surface area contributed by atoms with Crippen molar-refractivity contribution >= 4 is 38.0 Å². The van der Waals surface area contributed by atoms with Crippen LogP contribution in [0.15, 0.2) is 29.2 Å². The van der Waals surface area contributed by atoms with E-state index in [2.05, 4.69) is 9.69 Å². The summed E-state index contributed by atoms with van der Waals surface area (Å²) in [6, 6.07) is 8.53. The molecule has 0 bridgehead atoms. The van der Waals surface area contributed by atoms with Crippen molar-refractivity contribution in [1.29, 1.82) is 5.26 Å². The van der Waals surface area contributed by atoms with E-state index in [-0.39, 0.29) is 10.0 Å². The average molecular weight is 328 g/mol. The number of hydrogen-bond donors (Lipinski definition) is 1. The molecule has 20 heavy (non-hydrogen) atoms. The van der Waals surface area contributed by atoms with E-state index in [1.807, 2.05) is 6.07 Å². The number of hydrogen-bond acceptors (Lipinski definition) is 6. The first-order chi connectivity index (χ1) is 9.41. The number of nitrogens with zero attached hydrogens (tertiary/aromatic N) is 2. The van der Waals surface area contributed by atoms with Crippen LogP contribution >= 0.6 is 23.1 Å². The molecule has 0 amide bonds. The number of sulfone groups is 1. The standard InChI is InChI=1S/C12H10ClN3O2S2/c1-20(17,18)9-4-2-8(3-5-9)7-15-12-10(6-14)11(13)16-19-12/h2-5,15H,7H2,1H3. The highest BCUT2D eigenvalue weighted by Gasteiger charge is 2.11. The maximum atomic E-state index is 11.3. The maximum Gasteiger partial charge on any atom is 0.175 e.